The minimum atomic E-state index is 0.115. The van der Waals surface area contributed by atoms with Crippen LogP contribution in [0.25, 0.3) is 0 Å². The fourth-order valence-corrected chi connectivity index (χ4v) is 0.960. The van der Waals surface area contributed by atoms with Gasteiger partial charge >= 0.3 is 0 Å². The third kappa shape index (κ3) is 1.98. The molecule has 2 N–H and O–H groups in total. The van der Waals surface area contributed by atoms with E-state index in [2.05, 4.69) is 15.9 Å². The van der Waals surface area contributed by atoms with E-state index >= 15 is 0 Å². The van der Waals surface area contributed by atoms with Gasteiger partial charge in [0.05, 0.1) is 5.71 Å². The summed E-state index contributed by atoms with van der Waals surface area (Å²) in [5.74, 6) is 0. The molecule has 0 saturated carbocycles. The van der Waals surface area contributed by atoms with Gasteiger partial charge in [-0.05, 0) is 15.9 Å². The lowest BCUT2D eigenvalue weighted by Crippen LogP contribution is -2.05. The van der Waals surface area contributed by atoms with Gasteiger partial charge in [-0.2, -0.15) is 0 Å². The zero-order valence-corrected chi connectivity index (χ0v) is 7.35. The molecule has 0 heterocycles. The van der Waals surface area contributed by atoms with Crippen molar-refractivity contribution in [1.29, 1.82) is 10.8 Å². The minimum absolute atomic E-state index is 0.115. The molecular formula is C8H7BrN2. The van der Waals surface area contributed by atoms with Gasteiger partial charge in [0.15, 0.2) is 0 Å². The molecule has 2 nitrogen and oxygen atoms in total. The van der Waals surface area contributed by atoms with Gasteiger partial charge in [-0.1, -0.05) is 30.3 Å². The molecule has 0 atom stereocenters. The van der Waals surface area contributed by atoms with Gasteiger partial charge in [0.25, 0.3) is 0 Å². The molecule has 0 aromatic heterocycles. The zero-order chi connectivity index (χ0) is 8.27. The highest BCUT2D eigenvalue weighted by molar-refractivity contribution is 9.19. The lowest BCUT2D eigenvalue weighted by molar-refractivity contribution is 1.49. The van der Waals surface area contributed by atoms with Gasteiger partial charge < -0.3 is 0 Å². The second kappa shape index (κ2) is 3.44. The normalized spacial score (nSPS) is 9.18. The average molecular weight is 211 g/mol. The number of hydrogen-bond donors (Lipinski definition) is 2. The van der Waals surface area contributed by atoms with Gasteiger partial charge in [-0.3, -0.25) is 10.8 Å². The van der Waals surface area contributed by atoms with Crippen LogP contribution in [0.1, 0.15) is 5.56 Å². The van der Waals surface area contributed by atoms with Gasteiger partial charge in [-0.15, -0.1) is 0 Å². The summed E-state index contributed by atoms with van der Waals surface area (Å²) < 4.78 is 0.115. The second-order valence-corrected chi connectivity index (χ2v) is 2.85. The molecule has 0 amide bonds. The fourth-order valence-electron chi connectivity index (χ4n) is 0.732. The van der Waals surface area contributed by atoms with Crippen LogP contribution in [-0.2, 0) is 0 Å². The summed E-state index contributed by atoms with van der Waals surface area (Å²) in [5, 5.41) is 14.5. The third-order valence-electron chi connectivity index (χ3n) is 1.28. The van der Waals surface area contributed by atoms with E-state index in [1.165, 1.54) is 0 Å². The van der Waals surface area contributed by atoms with Crippen LogP contribution in [0.3, 0.4) is 0 Å². The Kier molecular flexibility index (Phi) is 2.54. The van der Waals surface area contributed by atoms with Crippen molar-refractivity contribution in [3.63, 3.8) is 0 Å². The van der Waals surface area contributed by atoms with Crippen molar-refractivity contribution in [1.82, 2.24) is 0 Å². The molecule has 56 valence electrons. The van der Waals surface area contributed by atoms with E-state index in [4.69, 9.17) is 10.8 Å². The minimum Gasteiger partial charge on any atom is -0.297 e. The van der Waals surface area contributed by atoms with Gasteiger partial charge in [0, 0.05) is 5.56 Å². The van der Waals surface area contributed by atoms with Gasteiger partial charge in [-0.25, -0.2) is 0 Å². The zero-order valence-electron chi connectivity index (χ0n) is 5.76. The molecule has 1 rings (SSSR count). The summed E-state index contributed by atoms with van der Waals surface area (Å²) in [7, 11) is 0. The van der Waals surface area contributed by atoms with E-state index in [-0.39, 0.29) is 10.3 Å². The summed E-state index contributed by atoms with van der Waals surface area (Å²) in [6.07, 6.45) is 0. The van der Waals surface area contributed by atoms with Crippen LogP contribution < -0.4 is 0 Å². The first kappa shape index (κ1) is 8.14. The summed E-state index contributed by atoms with van der Waals surface area (Å²) in [6, 6.07) is 9.19. The van der Waals surface area contributed by atoms with Crippen molar-refractivity contribution < 1.29 is 0 Å². The lowest BCUT2D eigenvalue weighted by atomic mass is 10.1. The fraction of sp³-hybridized carbons (Fsp3) is 0. The highest BCUT2D eigenvalue weighted by Gasteiger charge is 2.02. The van der Waals surface area contributed by atoms with E-state index in [9.17, 15) is 0 Å². The highest BCUT2D eigenvalue weighted by atomic mass is 79.9. The van der Waals surface area contributed by atoms with Crippen LogP contribution in [0.5, 0.6) is 0 Å². The average Bonchev–Trinajstić information content (AvgIpc) is 2.05. The molecule has 0 aliphatic heterocycles. The predicted molar refractivity (Wildman–Crippen MR) is 49.9 cm³/mol. The maximum Gasteiger partial charge on any atom is 0.123 e. The molecular weight excluding hydrogens is 204 g/mol. The van der Waals surface area contributed by atoms with Crippen molar-refractivity contribution in [3.8, 4) is 0 Å². The largest absolute Gasteiger partial charge is 0.297 e. The molecule has 0 spiro atoms. The van der Waals surface area contributed by atoms with E-state index < -0.39 is 0 Å². The molecule has 0 radical (unpaired) electrons. The molecule has 11 heavy (non-hydrogen) atoms. The van der Waals surface area contributed by atoms with Gasteiger partial charge in [0.1, 0.15) is 4.62 Å². The standard InChI is InChI=1S/C8H7BrN2/c9-8(11)7(10)6-4-2-1-3-5-6/h1-5,10-11H. The first-order valence-corrected chi connectivity index (χ1v) is 3.89. The molecule has 0 bridgehead atoms. The topological polar surface area (TPSA) is 47.7 Å². The van der Waals surface area contributed by atoms with E-state index in [1.807, 2.05) is 18.2 Å². The smallest absolute Gasteiger partial charge is 0.123 e. The van der Waals surface area contributed by atoms with Crippen LogP contribution in [0.15, 0.2) is 30.3 Å². The van der Waals surface area contributed by atoms with Crippen LogP contribution >= 0.6 is 15.9 Å². The molecule has 0 unspecified atom stereocenters. The number of nitrogens with one attached hydrogen (secondary N) is 2. The summed E-state index contributed by atoms with van der Waals surface area (Å²) >= 11 is 2.94. The maximum absolute atomic E-state index is 7.41. The molecule has 0 aliphatic rings. The number of benzene rings is 1. The van der Waals surface area contributed by atoms with Crippen LogP contribution in [0, 0.1) is 10.8 Å². The summed E-state index contributed by atoms with van der Waals surface area (Å²) in [5.41, 5.74) is 0.972. The van der Waals surface area contributed by atoms with E-state index in [0.717, 1.165) is 5.56 Å². The maximum atomic E-state index is 7.41. The summed E-state index contributed by atoms with van der Waals surface area (Å²) in [6.45, 7) is 0. The Hall–Kier alpha value is -0.960. The molecule has 0 aliphatic carbocycles. The third-order valence-corrected chi connectivity index (χ3v) is 1.68. The Balaban J connectivity index is 2.95. The van der Waals surface area contributed by atoms with Crippen molar-refractivity contribution in [3.05, 3.63) is 35.9 Å². The molecule has 0 fully saturated rings. The first-order chi connectivity index (χ1) is 5.22. The summed E-state index contributed by atoms with van der Waals surface area (Å²) in [4.78, 5) is 0. The Morgan fingerprint density at radius 1 is 1.09 bits per heavy atom. The number of hydrogen-bond acceptors (Lipinski definition) is 2. The lowest BCUT2D eigenvalue weighted by Gasteiger charge is -1.97. The SMILES string of the molecule is N=C(Br)C(=N)c1ccccc1. The quantitative estimate of drug-likeness (QED) is 0.705. The number of halogens is 1. The van der Waals surface area contributed by atoms with Crippen LogP contribution in [0.2, 0.25) is 0 Å². The molecule has 1 aromatic rings. The Morgan fingerprint density at radius 3 is 2.09 bits per heavy atom. The van der Waals surface area contributed by atoms with Crippen molar-refractivity contribution in [2.75, 3.05) is 0 Å². The van der Waals surface area contributed by atoms with Crippen molar-refractivity contribution in [2.24, 2.45) is 0 Å². The van der Waals surface area contributed by atoms with Crippen molar-refractivity contribution in [2.45, 2.75) is 0 Å². The second-order valence-electron chi connectivity index (χ2n) is 2.06. The predicted octanol–water partition coefficient (Wildman–Crippen LogP) is 2.43. The highest BCUT2D eigenvalue weighted by Crippen LogP contribution is 2.02. The molecule has 3 heteroatoms. The van der Waals surface area contributed by atoms with Crippen LogP contribution in [0.4, 0.5) is 0 Å². The van der Waals surface area contributed by atoms with Gasteiger partial charge in [0.2, 0.25) is 0 Å². The Morgan fingerprint density at radius 2 is 1.64 bits per heavy atom. The Labute approximate surface area is 73.4 Å². The van der Waals surface area contributed by atoms with E-state index in [1.54, 1.807) is 12.1 Å². The molecule has 1 aromatic carbocycles. The first-order valence-electron chi connectivity index (χ1n) is 3.10. The van der Waals surface area contributed by atoms with Crippen LogP contribution in [-0.4, -0.2) is 10.3 Å². The van der Waals surface area contributed by atoms with Crippen molar-refractivity contribution >= 4 is 26.3 Å². The Bertz CT molecular complexity index is 279. The number of rotatable bonds is 2. The monoisotopic (exact) mass is 210 g/mol. The van der Waals surface area contributed by atoms with E-state index in [0.29, 0.717) is 0 Å². The molecule has 0 saturated heterocycles.